The summed E-state index contributed by atoms with van der Waals surface area (Å²) in [5, 5.41) is 12.0. The molecule has 3 aromatic rings. The van der Waals surface area contributed by atoms with Crippen LogP contribution in [0.2, 0.25) is 10.0 Å². The van der Waals surface area contributed by atoms with Gasteiger partial charge in [0.2, 0.25) is 0 Å². The molecule has 106 valence electrons. The van der Waals surface area contributed by atoms with Crippen molar-refractivity contribution in [1.29, 1.82) is 0 Å². The second-order valence-electron chi connectivity index (χ2n) is 4.28. The number of benzene rings is 2. The number of rotatable bonds is 2. The number of anilines is 1. The molecule has 0 aliphatic rings. The molecule has 8 heteroatoms. The molecule has 0 amide bonds. The van der Waals surface area contributed by atoms with Crippen molar-refractivity contribution >= 4 is 28.9 Å². The fourth-order valence-electron chi connectivity index (χ4n) is 1.87. The predicted octanol–water partition coefficient (Wildman–Crippen LogP) is 3.36. The van der Waals surface area contributed by atoms with E-state index in [0.29, 0.717) is 27.8 Å². The summed E-state index contributed by atoms with van der Waals surface area (Å²) in [7, 11) is 0. The average Bonchev–Trinajstić information content (AvgIpc) is 2.90. The fraction of sp³-hybridized carbons (Fsp3) is 0. The van der Waals surface area contributed by atoms with Crippen molar-refractivity contribution in [3.05, 3.63) is 52.3 Å². The van der Waals surface area contributed by atoms with Crippen molar-refractivity contribution in [2.45, 2.75) is 0 Å². The van der Waals surface area contributed by atoms with Crippen molar-refractivity contribution in [2.75, 3.05) is 5.73 Å². The molecule has 0 aliphatic heterocycles. The molecule has 0 radical (unpaired) electrons. The third kappa shape index (κ3) is 2.68. The number of nitrogen functional groups attached to an aromatic ring is 1. The first-order chi connectivity index (χ1) is 10.0. The lowest BCUT2D eigenvalue weighted by atomic mass is 10.2. The molecule has 21 heavy (non-hydrogen) atoms. The Morgan fingerprint density at radius 1 is 1.10 bits per heavy atom. The highest BCUT2D eigenvalue weighted by atomic mass is 35.5. The molecular weight excluding hydrogens is 316 g/mol. The lowest BCUT2D eigenvalue weighted by molar-refractivity contribution is 0.625. The topological polar surface area (TPSA) is 69.6 Å². The quantitative estimate of drug-likeness (QED) is 0.734. The first-order valence-corrected chi connectivity index (χ1v) is 6.60. The molecule has 0 saturated carbocycles. The number of nitrogens with two attached hydrogens (primary N) is 1. The van der Waals surface area contributed by atoms with Crippen LogP contribution >= 0.6 is 23.2 Å². The van der Waals surface area contributed by atoms with Crippen LogP contribution in [0.5, 0.6) is 0 Å². The Morgan fingerprint density at radius 2 is 1.90 bits per heavy atom. The standard InChI is InChI=1S/C13H8Cl2FN5/c14-8-4-9(16)6-10(5-8)21-13(18-19-20-21)7-1-2-12(17)11(15)3-7/h1-6H,17H2. The van der Waals surface area contributed by atoms with Crippen LogP contribution in [0, 0.1) is 5.82 Å². The van der Waals surface area contributed by atoms with Gasteiger partial charge in [-0.1, -0.05) is 23.2 Å². The molecule has 1 aromatic heterocycles. The van der Waals surface area contributed by atoms with Crippen LogP contribution in [0.3, 0.4) is 0 Å². The minimum Gasteiger partial charge on any atom is -0.398 e. The smallest absolute Gasteiger partial charge is 0.187 e. The van der Waals surface area contributed by atoms with Crippen LogP contribution < -0.4 is 5.73 Å². The van der Waals surface area contributed by atoms with Gasteiger partial charge in [0.1, 0.15) is 5.82 Å². The lowest BCUT2D eigenvalue weighted by Crippen LogP contribution is -2.01. The Morgan fingerprint density at radius 3 is 2.62 bits per heavy atom. The summed E-state index contributed by atoms with van der Waals surface area (Å²) in [5.74, 6) is -0.0761. The highest BCUT2D eigenvalue weighted by Crippen LogP contribution is 2.27. The van der Waals surface area contributed by atoms with E-state index in [-0.39, 0.29) is 5.02 Å². The maximum Gasteiger partial charge on any atom is 0.187 e. The van der Waals surface area contributed by atoms with E-state index in [2.05, 4.69) is 15.5 Å². The number of aromatic nitrogens is 4. The zero-order valence-corrected chi connectivity index (χ0v) is 12.0. The maximum absolute atomic E-state index is 13.5. The number of nitrogens with zero attached hydrogens (tertiary/aromatic N) is 4. The van der Waals surface area contributed by atoms with Gasteiger partial charge in [-0.25, -0.2) is 4.39 Å². The molecule has 0 bridgehead atoms. The molecule has 0 atom stereocenters. The van der Waals surface area contributed by atoms with Crippen molar-refractivity contribution in [3.8, 4) is 17.1 Å². The largest absolute Gasteiger partial charge is 0.398 e. The summed E-state index contributed by atoms with van der Waals surface area (Å²) in [4.78, 5) is 0. The molecule has 0 spiro atoms. The lowest BCUT2D eigenvalue weighted by Gasteiger charge is -2.06. The highest BCUT2D eigenvalue weighted by molar-refractivity contribution is 6.33. The van der Waals surface area contributed by atoms with E-state index >= 15 is 0 Å². The molecule has 3 rings (SSSR count). The molecule has 2 N–H and O–H groups in total. The third-order valence-corrected chi connectivity index (χ3v) is 3.37. The summed E-state index contributed by atoms with van der Waals surface area (Å²) in [5.41, 5.74) is 7.19. The van der Waals surface area contributed by atoms with Gasteiger partial charge in [-0.2, -0.15) is 4.68 Å². The summed E-state index contributed by atoms with van der Waals surface area (Å²) < 4.78 is 14.8. The Hall–Kier alpha value is -2.18. The molecule has 0 saturated heterocycles. The molecule has 0 aliphatic carbocycles. The van der Waals surface area contributed by atoms with Crippen LogP contribution in [-0.4, -0.2) is 20.2 Å². The Labute approximate surface area is 129 Å². The molecule has 0 unspecified atom stereocenters. The van der Waals surface area contributed by atoms with E-state index < -0.39 is 5.82 Å². The zero-order valence-electron chi connectivity index (χ0n) is 10.5. The Bertz CT molecular complexity index is 798. The average molecular weight is 324 g/mol. The number of hydrogen-bond donors (Lipinski definition) is 1. The first-order valence-electron chi connectivity index (χ1n) is 5.85. The van der Waals surface area contributed by atoms with Gasteiger partial charge in [-0.05, 0) is 46.8 Å². The second-order valence-corrected chi connectivity index (χ2v) is 5.12. The van der Waals surface area contributed by atoms with Gasteiger partial charge in [0.25, 0.3) is 0 Å². The third-order valence-electron chi connectivity index (χ3n) is 2.82. The van der Waals surface area contributed by atoms with E-state index in [1.807, 2.05) is 0 Å². The van der Waals surface area contributed by atoms with E-state index in [1.54, 1.807) is 24.3 Å². The van der Waals surface area contributed by atoms with Gasteiger partial charge >= 0.3 is 0 Å². The summed E-state index contributed by atoms with van der Waals surface area (Å²) in [6.07, 6.45) is 0. The van der Waals surface area contributed by atoms with E-state index in [1.165, 1.54) is 16.8 Å². The number of tetrazole rings is 1. The summed E-state index contributed by atoms with van der Waals surface area (Å²) >= 11 is 11.8. The molecule has 1 heterocycles. The van der Waals surface area contributed by atoms with Gasteiger partial charge in [0.05, 0.1) is 16.4 Å². The van der Waals surface area contributed by atoms with Crippen molar-refractivity contribution < 1.29 is 4.39 Å². The van der Waals surface area contributed by atoms with Gasteiger partial charge in [-0.15, -0.1) is 5.10 Å². The fourth-order valence-corrected chi connectivity index (χ4v) is 2.27. The van der Waals surface area contributed by atoms with Crippen molar-refractivity contribution in [2.24, 2.45) is 0 Å². The van der Waals surface area contributed by atoms with Gasteiger partial charge < -0.3 is 5.73 Å². The predicted molar refractivity (Wildman–Crippen MR) is 79.0 cm³/mol. The van der Waals surface area contributed by atoms with Crippen LogP contribution in [-0.2, 0) is 0 Å². The molecule has 2 aromatic carbocycles. The van der Waals surface area contributed by atoms with E-state index in [4.69, 9.17) is 28.9 Å². The minimum absolute atomic E-state index is 0.252. The highest BCUT2D eigenvalue weighted by Gasteiger charge is 2.13. The molecule has 0 fully saturated rings. The van der Waals surface area contributed by atoms with Gasteiger partial charge in [0, 0.05) is 10.6 Å². The number of hydrogen-bond acceptors (Lipinski definition) is 4. The van der Waals surface area contributed by atoms with Gasteiger partial charge in [0.15, 0.2) is 5.82 Å². The van der Waals surface area contributed by atoms with Crippen molar-refractivity contribution in [1.82, 2.24) is 20.2 Å². The van der Waals surface area contributed by atoms with Crippen LogP contribution in [0.25, 0.3) is 17.1 Å². The zero-order chi connectivity index (χ0) is 15.0. The SMILES string of the molecule is Nc1ccc(-c2nnnn2-c2cc(F)cc(Cl)c2)cc1Cl. The molecule has 5 nitrogen and oxygen atoms in total. The van der Waals surface area contributed by atoms with Crippen LogP contribution in [0.1, 0.15) is 0 Å². The number of halogens is 3. The Balaban J connectivity index is 2.14. The Kier molecular flexibility index (Phi) is 3.48. The van der Waals surface area contributed by atoms with Crippen molar-refractivity contribution in [3.63, 3.8) is 0 Å². The first kappa shape index (κ1) is 13.8. The second kappa shape index (κ2) is 5.31. The molecular formula is C13H8Cl2FN5. The van der Waals surface area contributed by atoms with Crippen LogP contribution in [0.4, 0.5) is 10.1 Å². The summed E-state index contributed by atoms with van der Waals surface area (Å²) in [6.45, 7) is 0. The van der Waals surface area contributed by atoms with Crippen LogP contribution in [0.15, 0.2) is 36.4 Å². The van der Waals surface area contributed by atoms with Gasteiger partial charge in [-0.3, -0.25) is 0 Å². The normalized spacial score (nSPS) is 10.8. The monoisotopic (exact) mass is 323 g/mol. The van der Waals surface area contributed by atoms with E-state index in [0.717, 1.165) is 0 Å². The minimum atomic E-state index is -0.478. The van der Waals surface area contributed by atoms with E-state index in [9.17, 15) is 4.39 Å². The summed E-state index contributed by atoms with van der Waals surface area (Å²) in [6, 6.07) is 9.06. The maximum atomic E-state index is 13.5.